The second-order valence-corrected chi connectivity index (χ2v) is 8.32. The Kier molecular flexibility index (Phi) is 3.76. The van der Waals surface area contributed by atoms with Crippen molar-refractivity contribution in [3.05, 3.63) is 50.7 Å². The number of hydrogen-bond donors (Lipinski definition) is 0. The van der Waals surface area contributed by atoms with Gasteiger partial charge in [-0.2, -0.15) is 0 Å². The highest BCUT2D eigenvalue weighted by Crippen LogP contribution is 2.30. The summed E-state index contributed by atoms with van der Waals surface area (Å²) in [6.07, 6.45) is 2.38. The summed E-state index contributed by atoms with van der Waals surface area (Å²) in [5.41, 5.74) is 6.04. The lowest BCUT2D eigenvalue weighted by Gasteiger charge is -2.28. The van der Waals surface area contributed by atoms with Crippen LogP contribution in [0.1, 0.15) is 33.8 Å². The van der Waals surface area contributed by atoms with Crippen LogP contribution in [-0.2, 0) is 12.8 Å². The number of thiazole rings is 1. The van der Waals surface area contributed by atoms with Crippen LogP contribution in [0.5, 0.6) is 0 Å². The summed E-state index contributed by atoms with van der Waals surface area (Å²) >= 11 is 3.70. The smallest absolute Gasteiger partial charge is 0.0815 e. The first-order valence-corrected chi connectivity index (χ1v) is 9.56. The molecule has 0 fully saturated rings. The number of aryl methyl sites for hydroxylation is 1. The van der Waals surface area contributed by atoms with Gasteiger partial charge in [0, 0.05) is 28.9 Å². The summed E-state index contributed by atoms with van der Waals surface area (Å²) in [5.74, 6) is 0. The van der Waals surface area contributed by atoms with E-state index in [9.17, 15) is 0 Å². The molecule has 4 rings (SSSR count). The van der Waals surface area contributed by atoms with E-state index in [1.165, 1.54) is 28.0 Å². The van der Waals surface area contributed by atoms with Crippen molar-refractivity contribution in [2.45, 2.75) is 32.7 Å². The lowest BCUT2D eigenvalue weighted by Crippen LogP contribution is -2.29. The zero-order valence-electron chi connectivity index (χ0n) is 13.0. The van der Waals surface area contributed by atoms with E-state index in [0.29, 0.717) is 6.04 Å². The van der Waals surface area contributed by atoms with Crippen LogP contribution in [0.25, 0.3) is 10.2 Å². The van der Waals surface area contributed by atoms with Gasteiger partial charge in [0.05, 0.1) is 15.7 Å². The molecule has 1 aromatic carbocycles. The van der Waals surface area contributed by atoms with Gasteiger partial charge in [0.2, 0.25) is 0 Å². The Morgan fingerprint density at radius 1 is 1.18 bits per heavy atom. The fraction of sp³-hybridized carbons (Fsp3) is 0.389. The van der Waals surface area contributed by atoms with Crippen LogP contribution >= 0.6 is 22.7 Å². The van der Waals surface area contributed by atoms with Crippen molar-refractivity contribution in [2.24, 2.45) is 0 Å². The molecule has 0 aliphatic carbocycles. The summed E-state index contributed by atoms with van der Waals surface area (Å²) in [6, 6.07) is 9.60. The van der Waals surface area contributed by atoms with E-state index in [1.807, 2.05) is 16.8 Å². The third-order valence-electron chi connectivity index (χ3n) is 4.70. The lowest BCUT2D eigenvalue weighted by atomic mass is 10.1. The van der Waals surface area contributed by atoms with Crippen LogP contribution in [-0.4, -0.2) is 23.0 Å². The van der Waals surface area contributed by atoms with Gasteiger partial charge in [0.15, 0.2) is 0 Å². The molecule has 0 amide bonds. The summed E-state index contributed by atoms with van der Waals surface area (Å²) in [6.45, 7) is 6.86. The van der Waals surface area contributed by atoms with Gasteiger partial charge in [-0.1, -0.05) is 6.07 Å². The summed E-state index contributed by atoms with van der Waals surface area (Å²) < 4.78 is 1.28. The fourth-order valence-corrected chi connectivity index (χ4v) is 5.13. The minimum atomic E-state index is 0.459. The summed E-state index contributed by atoms with van der Waals surface area (Å²) in [7, 11) is 0. The third-order valence-corrected chi connectivity index (χ3v) is 6.66. The van der Waals surface area contributed by atoms with E-state index in [2.05, 4.69) is 48.0 Å². The van der Waals surface area contributed by atoms with E-state index >= 15 is 0 Å². The minimum Gasteiger partial charge on any atom is -0.296 e. The molecule has 1 unspecified atom stereocenters. The number of rotatable bonds is 2. The van der Waals surface area contributed by atoms with E-state index in [1.54, 1.807) is 21.8 Å². The van der Waals surface area contributed by atoms with Crippen LogP contribution in [0.4, 0.5) is 0 Å². The second-order valence-electron chi connectivity index (χ2n) is 6.10. The maximum absolute atomic E-state index is 4.46. The standard InChI is InChI=1S/C18H20N2S2/c1-12-9-15-5-7-20(8-6-17(15)22-12)13(2)14-3-4-18-16(10-14)19-11-21-18/h3-4,9-11,13H,5-8H2,1-2H3. The van der Waals surface area contributed by atoms with Crippen molar-refractivity contribution in [1.82, 2.24) is 9.88 Å². The van der Waals surface area contributed by atoms with Gasteiger partial charge in [-0.25, -0.2) is 4.98 Å². The second kappa shape index (κ2) is 5.76. The third kappa shape index (κ3) is 2.60. The van der Waals surface area contributed by atoms with Crippen LogP contribution in [0.3, 0.4) is 0 Å². The van der Waals surface area contributed by atoms with Crippen molar-refractivity contribution in [1.29, 1.82) is 0 Å². The number of hydrogen-bond acceptors (Lipinski definition) is 4. The average molecular weight is 329 g/mol. The molecule has 0 N–H and O–H groups in total. The van der Waals surface area contributed by atoms with Gasteiger partial charge in [-0.15, -0.1) is 22.7 Å². The molecule has 3 heterocycles. The lowest BCUT2D eigenvalue weighted by molar-refractivity contribution is 0.221. The molecule has 0 radical (unpaired) electrons. The highest BCUT2D eigenvalue weighted by atomic mass is 32.1. The first-order valence-electron chi connectivity index (χ1n) is 7.86. The Bertz CT molecular complexity index is 777. The molecule has 0 bridgehead atoms. The van der Waals surface area contributed by atoms with Gasteiger partial charge in [0.1, 0.15) is 0 Å². The first-order chi connectivity index (χ1) is 10.7. The molecule has 0 saturated carbocycles. The average Bonchev–Trinajstić information content (AvgIpc) is 3.07. The van der Waals surface area contributed by atoms with Gasteiger partial charge < -0.3 is 0 Å². The molecule has 1 atom stereocenters. The molecular weight excluding hydrogens is 308 g/mol. The topological polar surface area (TPSA) is 16.1 Å². The van der Waals surface area contributed by atoms with Gasteiger partial charge in [-0.3, -0.25) is 4.90 Å². The van der Waals surface area contributed by atoms with Crippen LogP contribution in [0.15, 0.2) is 29.8 Å². The normalized spacial score (nSPS) is 17.4. The summed E-state index contributed by atoms with van der Waals surface area (Å²) in [4.78, 5) is 10.1. The molecule has 3 aromatic rings. The van der Waals surface area contributed by atoms with E-state index in [-0.39, 0.29) is 0 Å². The van der Waals surface area contributed by atoms with Crippen LogP contribution in [0, 0.1) is 6.92 Å². The SMILES string of the molecule is Cc1cc2c(s1)CCN(C(C)c1ccc3scnc3c1)CC2. The predicted molar refractivity (Wildman–Crippen MR) is 96.1 cm³/mol. The van der Waals surface area contributed by atoms with Crippen molar-refractivity contribution >= 4 is 32.9 Å². The van der Waals surface area contributed by atoms with E-state index in [4.69, 9.17) is 0 Å². The Hall–Kier alpha value is -1.23. The monoisotopic (exact) mass is 328 g/mol. The number of benzene rings is 1. The molecule has 0 spiro atoms. The van der Waals surface area contributed by atoms with Gasteiger partial charge >= 0.3 is 0 Å². The molecule has 2 aromatic heterocycles. The molecule has 1 aliphatic rings. The first kappa shape index (κ1) is 14.4. The molecule has 0 saturated heterocycles. The molecule has 2 nitrogen and oxygen atoms in total. The molecule has 114 valence electrons. The number of thiophene rings is 1. The number of fused-ring (bicyclic) bond motifs is 2. The Labute approximate surface area is 139 Å². The van der Waals surface area contributed by atoms with Crippen molar-refractivity contribution < 1.29 is 0 Å². The van der Waals surface area contributed by atoms with E-state index < -0.39 is 0 Å². The zero-order chi connectivity index (χ0) is 15.1. The Morgan fingerprint density at radius 3 is 2.95 bits per heavy atom. The maximum atomic E-state index is 4.46. The highest BCUT2D eigenvalue weighted by Gasteiger charge is 2.21. The van der Waals surface area contributed by atoms with Crippen molar-refractivity contribution in [2.75, 3.05) is 13.1 Å². The quantitative estimate of drug-likeness (QED) is 0.670. The van der Waals surface area contributed by atoms with Gasteiger partial charge in [0.25, 0.3) is 0 Å². The van der Waals surface area contributed by atoms with Crippen LogP contribution < -0.4 is 0 Å². The molecule has 4 heteroatoms. The van der Waals surface area contributed by atoms with Gasteiger partial charge in [-0.05, 0) is 56.0 Å². The van der Waals surface area contributed by atoms with E-state index in [0.717, 1.165) is 18.6 Å². The predicted octanol–water partition coefficient (Wildman–Crippen LogP) is 4.83. The molecule has 22 heavy (non-hydrogen) atoms. The number of aromatic nitrogens is 1. The van der Waals surface area contributed by atoms with Crippen molar-refractivity contribution in [3.8, 4) is 0 Å². The largest absolute Gasteiger partial charge is 0.296 e. The number of nitrogens with zero attached hydrogens (tertiary/aromatic N) is 2. The fourth-order valence-electron chi connectivity index (χ4n) is 3.39. The van der Waals surface area contributed by atoms with Crippen LogP contribution in [0.2, 0.25) is 0 Å². The maximum Gasteiger partial charge on any atom is 0.0815 e. The Balaban J connectivity index is 1.55. The molecular formula is C18H20N2S2. The highest BCUT2D eigenvalue weighted by molar-refractivity contribution is 7.16. The van der Waals surface area contributed by atoms with Crippen molar-refractivity contribution in [3.63, 3.8) is 0 Å². The molecule has 1 aliphatic heterocycles. The summed E-state index contributed by atoms with van der Waals surface area (Å²) in [5, 5.41) is 0. The zero-order valence-corrected chi connectivity index (χ0v) is 14.6. The Morgan fingerprint density at radius 2 is 2.05 bits per heavy atom. The minimum absolute atomic E-state index is 0.459.